The number of thiazole rings is 1. The highest BCUT2D eigenvalue weighted by Crippen LogP contribution is 2.23. The predicted octanol–water partition coefficient (Wildman–Crippen LogP) is 2.03. The van der Waals surface area contributed by atoms with Crippen LogP contribution in [0, 0.1) is 0 Å². The molecule has 0 aromatic carbocycles. The second-order valence-electron chi connectivity index (χ2n) is 7.14. The standard InChI is InChI=1S/C18H25N5O2S/c1-13(24)15-9-14-11-22(7-4-8-23(14)20-15)18(25)16-10-19-17(26-16)12-21-5-2-3-6-21/h9-10,13,24H,2-8,11-12H2,1H3/t13-/m0/s1. The van der Waals surface area contributed by atoms with Crippen LogP contribution in [0.5, 0.6) is 0 Å². The molecule has 140 valence electrons. The molecule has 4 rings (SSSR count). The van der Waals surface area contributed by atoms with Crippen LogP contribution in [0.1, 0.15) is 58.4 Å². The monoisotopic (exact) mass is 375 g/mol. The van der Waals surface area contributed by atoms with E-state index in [0.29, 0.717) is 23.7 Å². The van der Waals surface area contributed by atoms with Gasteiger partial charge in [0.25, 0.3) is 5.91 Å². The van der Waals surface area contributed by atoms with Gasteiger partial charge in [-0.3, -0.25) is 14.4 Å². The number of nitrogens with zero attached hydrogens (tertiary/aromatic N) is 5. The van der Waals surface area contributed by atoms with E-state index in [2.05, 4.69) is 15.0 Å². The lowest BCUT2D eigenvalue weighted by Crippen LogP contribution is -2.30. The van der Waals surface area contributed by atoms with Crippen molar-refractivity contribution in [1.82, 2.24) is 24.6 Å². The molecule has 1 amide bonds. The maximum Gasteiger partial charge on any atom is 0.265 e. The topological polar surface area (TPSA) is 74.5 Å². The first-order valence-corrected chi connectivity index (χ1v) is 10.1. The van der Waals surface area contributed by atoms with E-state index in [1.807, 2.05) is 15.6 Å². The van der Waals surface area contributed by atoms with Gasteiger partial charge in [-0.1, -0.05) is 0 Å². The van der Waals surface area contributed by atoms with Crippen molar-refractivity contribution in [3.63, 3.8) is 0 Å². The first-order chi connectivity index (χ1) is 12.6. The zero-order chi connectivity index (χ0) is 18.1. The van der Waals surface area contributed by atoms with Crippen molar-refractivity contribution in [2.75, 3.05) is 19.6 Å². The summed E-state index contributed by atoms with van der Waals surface area (Å²) >= 11 is 1.51. The van der Waals surface area contributed by atoms with E-state index in [1.165, 1.54) is 24.2 Å². The van der Waals surface area contributed by atoms with E-state index in [-0.39, 0.29) is 5.91 Å². The van der Waals surface area contributed by atoms with Gasteiger partial charge in [0.15, 0.2) is 0 Å². The Balaban J connectivity index is 1.46. The highest BCUT2D eigenvalue weighted by atomic mass is 32.1. The summed E-state index contributed by atoms with van der Waals surface area (Å²) in [5.41, 5.74) is 1.65. The molecule has 0 radical (unpaired) electrons. The molecule has 7 nitrogen and oxygen atoms in total. The van der Waals surface area contributed by atoms with Crippen LogP contribution < -0.4 is 0 Å². The molecule has 0 aliphatic carbocycles. The number of aryl methyl sites for hydroxylation is 1. The number of hydrogen-bond donors (Lipinski definition) is 1. The molecule has 0 bridgehead atoms. The number of rotatable bonds is 4. The number of aromatic nitrogens is 3. The molecule has 4 heterocycles. The molecule has 2 aliphatic heterocycles. The molecule has 0 saturated carbocycles. The van der Waals surface area contributed by atoms with Crippen LogP contribution in [-0.2, 0) is 19.6 Å². The van der Waals surface area contributed by atoms with Crippen LogP contribution in [0.25, 0.3) is 0 Å². The van der Waals surface area contributed by atoms with Crippen LogP contribution in [-0.4, -0.2) is 55.2 Å². The third-order valence-corrected chi connectivity index (χ3v) is 6.04. The molecule has 26 heavy (non-hydrogen) atoms. The SMILES string of the molecule is C[C@H](O)c1cc2n(n1)CCCN(C(=O)c1cnc(CN3CCCC3)s1)C2. The Morgan fingerprint density at radius 2 is 2.08 bits per heavy atom. The Bertz CT molecular complexity index is 778. The molecule has 0 spiro atoms. The van der Waals surface area contributed by atoms with E-state index in [1.54, 1.807) is 13.1 Å². The minimum Gasteiger partial charge on any atom is -0.387 e. The second kappa shape index (κ2) is 7.46. The molecule has 2 aromatic rings. The highest BCUT2D eigenvalue weighted by molar-refractivity contribution is 7.13. The fourth-order valence-electron chi connectivity index (χ4n) is 3.63. The van der Waals surface area contributed by atoms with Crippen molar-refractivity contribution >= 4 is 17.2 Å². The van der Waals surface area contributed by atoms with Crippen molar-refractivity contribution in [1.29, 1.82) is 0 Å². The van der Waals surface area contributed by atoms with E-state index in [4.69, 9.17) is 0 Å². The van der Waals surface area contributed by atoms with Gasteiger partial charge in [0.1, 0.15) is 9.88 Å². The van der Waals surface area contributed by atoms with Gasteiger partial charge in [-0.05, 0) is 45.3 Å². The molecule has 8 heteroatoms. The zero-order valence-corrected chi connectivity index (χ0v) is 15.9. The highest BCUT2D eigenvalue weighted by Gasteiger charge is 2.24. The minimum atomic E-state index is -0.590. The van der Waals surface area contributed by atoms with Gasteiger partial charge in [0, 0.05) is 13.1 Å². The maximum absolute atomic E-state index is 13.0. The first-order valence-electron chi connectivity index (χ1n) is 9.31. The number of aliphatic hydroxyl groups is 1. The quantitative estimate of drug-likeness (QED) is 0.885. The Morgan fingerprint density at radius 1 is 1.27 bits per heavy atom. The van der Waals surface area contributed by atoms with Crippen molar-refractivity contribution in [2.45, 2.75) is 51.9 Å². The number of amides is 1. The van der Waals surface area contributed by atoms with Gasteiger partial charge >= 0.3 is 0 Å². The largest absolute Gasteiger partial charge is 0.387 e. The molecule has 1 saturated heterocycles. The van der Waals surface area contributed by atoms with Crippen LogP contribution in [0.3, 0.4) is 0 Å². The molecule has 0 unspecified atom stereocenters. The van der Waals surface area contributed by atoms with Gasteiger partial charge in [-0.25, -0.2) is 4.98 Å². The average Bonchev–Trinajstić information content (AvgIpc) is 3.34. The maximum atomic E-state index is 13.0. The van der Waals surface area contributed by atoms with Gasteiger partial charge in [0.05, 0.1) is 36.8 Å². The molecule has 1 N–H and O–H groups in total. The van der Waals surface area contributed by atoms with Gasteiger partial charge in [-0.15, -0.1) is 11.3 Å². The molecule has 2 aliphatic rings. The lowest BCUT2D eigenvalue weighted by molar-refractivity contribution is 0.0750. The fraction of sp³-hybridized carbons (Fsp3) is 0.611. The second-order valence-corrected chi connectivity index (χ2v) is 8.26. The number of carbonyl (C=O) groups excluding carboxylic acids is 1. The lowest BCUT2D eigenvalue weighted by Gasteiger charge is -2.18. The van der Waals surface area contributed by atoms with Crippen LogP contribution in [0.2, 0.25) is 0 Å². The van der Waals surface area contributed by atoms with Gasteiger partial charge < -0.3 is 10.0 Å². The third-order valence-electron chi connectivity index (χ3n) is 5.07. The molecule has 2 aromatic heterocycles. The normalized spacial score (nSPS) is 19.4. The lowest BCUT2D eigenvalue weighted by atomic mass is 10.2. The molecule has 1 atom stereocenters. The molecular formula is C18H25N5O2S. The summed E-state index contributed by atoms with van der Waals surface area (Å²) in [6.07, 6.45) is 4.51. The minimum absolute atomic E-state index is 0.0448. The Hall–Kier alpha value is -1.77. The number of hydrogen-bond acceptors (Lipinski definition) is 6. The van der Waals surface area contributed by atoms with E-state index < -0.39 is 6.10 Å². The number of aliphatic hydroxyl groups excluding tert-OH is 1. The van der Waals surface area contributed by atoms with Crippen molar-refractivity contribution < 1.29 is 9.90 Å². The number of likely N-dealkylation sites (tertiary alicyclic amines) is 1. The summed E-state index contributed by atoms with van der Waals surface area (Å²) in [6.45, 7) is 6.83. The van der Waals surface area contributed by atoms with Crippen LogP contribution in [0.15, 0.2) is 12.3 Å². The summed E-state index contributed by atoms with van der Waals surface area (Å²) in [4.78, 5) is 22.4. The number of carbonyl (C=O) groups is 1. The third kappa shape index (κ3) is 3.67. The molecular weight excluding hydrogens is 350 g/mol. The van der Waals surface area contributed by atoms with Crippen molar-refractivity contribution in [3.05, 3.63) is 33.5 Å². The van der Waals surface area contributed by atoms with Crippen molar-refractivity contribution in [3.8, 4) is 0 Å². The summed E-state index contributed by atoms with van der Waals surface area (Å²) in [7, 11) is 0. The average molecular weight is 375 g/mol. The van der Waals surface area contributed by atoms with E-state index >= 15 is 0 Å². The summed E-state index contributed by atoms with van der Waals surface area (Å²) in [5, 5.41) is 15.2. The predicted molar refractivity (Wildman–Crippen MR) is 98.8 cm³/mol. The fourth-order valence-corrected chi connectivity index (χ4v) is 4.56. The van der Waals surface area contributed by atoms with E-state index in [0.717, 1.165) is 43.3 Å². The summed E-state index contributed by atoms with van der Waals surface area (Å²) < 4.78 is 1.92. The Labute approximate surface area is 157 Å². The Morgan fingerprint density at radius 3 is 2.85 bits per heavy atom. The molecule has 1 fully saturated rings. The van der Waals surface area contributed by atoms with Gasteiger partial charge in [-0.2, -0.15) is 5.10 Å². The van der Waals surface area contributed by atoms with E-state index in [9.17, 15) is 9.90 Å². The Kier molecular flexibility index (Phi) is 5.06. The van der Waals surface area contributed by atoms with Crippen molar-refractivity contribution in [2.24, 2.45) is 0 Å². The van der Waals surface area contributed by atoms with Crippen LogP contribution in [0.4, 0.5) is 0 Å². The summed E-state index contributed by atoms with van der Waals surface area (Å²) in [5.74, 6) is 0.0448. The zero-order valence-electron chi connectivity index (χ0n) is 15.1. The van der Waals surface area contributed by atoms with Crippen LogP contribution >= 0.6 is 11.3 Å². The van der Waals surface area contributed by atoms with Gasteiger partial charge in [0.2, 0.25) is 0 Å². The smallest absolute Gasteiger partial charge is 0.265 e. The number of fused-ring (bicyclic) bond motifs is 1. The summed E-state index contributed by atoms with van der Waals surface area (Å²) in [6, 6.07) is 1.90. The first kappa shape index (κ1) is 17.6.